The largest absolute Gasteiger partial charge is 0.346 e. The number of carbonyl (C=O) groups is 1. The summed E-state index contributed by atoms with van der Waals surface area (Å²) in [7, 11) is 1.73. The van der Waals surface area contributed by atoms with Gasteiger partial charge in [0.15, 0.2) is 0 Å². The van der Waals surface area contributed by atoms with Gasteiger partial charge in [0.2, 0.25) is 5.91 Å². The molecule has 4 heterocycles. The van der Waals surface area contributed by atoms with E-state index in [1.165, 1.54) is 5.57 Å². The van der Waals surface area contributed by atoms with E-state index >= 15 is 0 Å². The number of aromatic nitrogens is 4. The summed E-state index contributed by atoms with van der Waals surface area (Å²) in [5, 5.41) is 1.10. The molecule has 3 aromatic heterocycles. The number of rotatable bonds is 3. The number of carbonyl (C=O) groups excluding carboxylic acids is 1. The first-order valence-corrected chi connectivity index (χ1v) is 9.67. The zero-order valence-electron chi connectivity index (χ0n) is 16.1. The first-order valence-electron chi connectivity index (χ1n) is 9.67. The number of hydrogen-bond donors (Lipinski definition) is 1. The maximum Gasteiger partial charge on any atom is 0.329 e. The molecule has 1 aromatic carbocycles. The number of benzene rings is 1. The van der Waals surface area contributed by atoms with Crippen LogP contribution in [-0.4, -0.2) is 43.0 Å². The van der Waals surface area contributed by atoms with Gasteiger partial charge in [-0.3, -0.25) is 13.9 Å². The molecule has 1 aliphatic heterocycles. The minimum atomic E-state index is -0.168. The summed E-state index contributed by atoms with van der Waals surface area (Å²) >= 11 is 0. The van der Waals surface area contributed by atoms with Crippen LogP contribution in [0.15, 0.2) is 59.7 Å². The highest BCUT2D eigenvalue weighted by atomic mass is 16.2. The third kappa shape index (κ3) is 2.86. The smallest absolute Gasteiger partial charge is 0.329 e. The highest BCUT2D eigenvalue weighted by Gasteiger charge is 2.21. The van der Waals surface area contributed by atoms with Crippen molar-refractivity contribution in [1.29, 1.82) is 0 Å². The zero-order chi connectivity index (χ0) is 20.0. The van der Waals surface area contributed by atoms with Gasteiger partial charge in [-0.05, 0) is 36.3 Å². The van der Waals surface area contributed by atoms with Crippen LogP contribution in [0, 0.1) is 0 Å². The van der Waals surface area contributed by atoms with E-state index in [0.29, 0.717) is 13.1 Å². The molecule has 0 fully saturated rings. The number of nitrogens with zero attached hydrogens (tertiary/aromatic N) is 4. The number of amides is 1. The summed E-state index contributed by atoms with van der Waals surface area (Å²) in [5.74, 6) is -0.0423. The number of aryl methyl sites for hydroxylation is 1. The predicted molar refractivity (Wildman–Crippen MR) is 112 cm³/mol. The Morgan fingerprint density at radius 3 is 2.79 bits per heavy atom. The lowest BCUT2D eigenvalue weighted by atomic mass is 9.99. The number of fused-ring (bicyclic) bond motifs is 2. The summed E-state index contributed by atoms with van der Waals surface area (Å²) in [5.41, 5.74) is 4.68. The maximum atomic E-state index is 12.9. The Kier molecular flexibility index (Phi) is 4.08. The van der Waals surface area contributed by atoms with Gasteiger partial charge in [-0.25, -0.2) is 9.78 Å². The number of pyridine rings is 1. The van der Waals surface area contributed by atoms with Crippen LogP contribution in [-0.2, 0) is 18.4 Å². The lowest BCUT2D eigenvalue weighted by molar-refractivity contribution is -0.131. The molecule has 1 N–H and O–H groups in total. The third-order valence-corrected chi connectivity index (χ3v) is 5.70. The molecule has 5 rings (SSSR count). The van der Waals surface area contributed by atoms with Crippen LogP contribution < -0.4 is 5.69 Å². The van der Waals surface area contributed by atoms with Crippen molar-refractivity contribution < 1.29 is 4.79 Å². The van der Waals surface area contributed by atoms with Crippen molar-refractivity contribution in [3.05, 3.63) is 70.9 Å². The Hall–Kier alpha value is -3.61. The van der Waals surface area contributed by atoms with Gasteiger partial charge in [0, 0.05) is 43.5 Å². The second kappa shape index (κ2) is 6.77. The normalized spacial score (nSPS) is 14.5. The van der Waals surface area contributed by atoms with Gasteiger partial charge in [0.1, 0.15) is 12.2 Å². The summed E-state index contributed by atoms with van der Waals surface area (Å²) in [6, 6.07) is 11.5. The van der Waals surface area contributed by atoms with Crippen LogP contribution in [0.3, 0.4) is 0 Å². The number of H-pyrrole nitrogens is 1. The molecule has 0 unspecified atom stereocenters. The number of hydrogen-bond acceptors (Lipinski definition) is 3. The highest BCUT2D eigenvalue weighted by molar-refractivity contribution is 5.91. The van der Waals surface area contributed by atoms with E-state index < -0.39 is 0 Å². The van der Waals surface area contributed by atoms with Crippen molar-refractivity contribution in [2.45, 2.75) is 13.0 Å². The molecule has 29 heavy (non-hydrogen) atoms. The second-order valence-electron chi connectivity index (χ2n) is 7.34. The molecule has 4 aromatic rings. The maximum absolute atomic E-state index is 12.9. The Bertz CT molecular complexity index is 1320. The molecule has 0 saturated heterocycles. The average molecular weight is 387 g/mol. The topological polar surface area (TPSA) is 75.9 Å². The standard InChI is InChI=1S/C22H21N5O2/c1-25-18-6-2-3-7-19(18)27(22(25)29)14-20(28)26-11-8-15(9-12-26)17-13-24-21-16(17)5-4-10-23-21/h2-8,10,13H,9,11-12,14H2,1H3,(H,23,24). The van der Waals surface area contributed by atoms with E-state index in [1.807, 2.05) is 41.4 Å². The van der Waals surface area contributed by atoms with Crippen molar-refractivity contribution in [1.82, 2.24) is 24.0 Å². The summed E-state index contributed by atoms with van der Waals surface area (Å²) < 4.78 is 3.14. The lowest BCUT2D eigenvalue weighted by Crippen LogP contribution is -2.39. The molecule has 0 saturated carbocycles. The molecule has 0 radical (unpaired) electrons. The first kappa shape index (κ1) is 17.5. The molecule has 7 heteroatoms. The second-order valence-corrected chi connectivity index (χ2v) is 7.34. The van der Waals surface area contributed by atoms with Crippen LogP contribution in [0.2, 0.25) is 0 Å². The van der Waals surface area contributed by atoms with E-state index in [0.717, 1.165) is 34.1 Å². The minimum Gasteiger partial charge on any atom is -0.346 e. The molecule has 146 valence electrons. The van der Waals surface area contributed by atoms with Crippen molar-refractivity contribution in [2.24, 2.45) is 7.05 Å². The Labute approximate surface area is 166 Å². The Balaban J connectivity index is 1.37. The van der Waals surface area contributed by atoms with E-state index in [1.54, 1.807) is 22.4 Å². The van der Waals surface area contributed by atoms with Crippen LogP contribution >= 0.6 is 0 Å². The SMILES string of the molecule is Cn1c(=O)n(CC(=O)N2CC=C(c3c[nH]c4ncccc34)CC2)c2ccccc21. The van der Waals surface area contributed by atoms with Gasteiger partial charge in [0.05, 0.1) is 11.0 Å². The zero-order valence-corrected chi connectivity index (χ0v) is 16.1. The van der Waals surface area contributed by atoms with E-state index in [4.69, 9.17) is 0 Å². The van der Waals surface area contributed by atoms with Crippen LogP contribution in [0.4, 0.5) is 0 Å². The van der Waals surface area contributed by atoms with Crippen LogP contribution in [0.5, 0.6) is 0 Å². The van der Waals surface area contributed by atoms with E-state index in [9.17, 15) is 9.59 Å². The predicted octanol–water partition coefficient (Wildman–Crippen LogP) is 2.53. The monoisotopic (exact) mass is 387 g/mol. The lowest BCUT2D eigenvalue weighted by Gasteiger charge is -2.26. The summed E-state index contributed by atoms with van der Waals surface area (Å²) in [6.45, 7) is 1.23. The van der Waals surface area contributed by atoms with Gasteiger partial charge in [-0.15, -0.1) is 0 Å². The number of para-hydroxylation sites is 2. The molecule has 0 aliphatic carbocycles. The number of imidazole rings is 1. The third-order valence-electron chi connectivity index (χ3n) is 5.70. The molecule has 0 spiro atoms. The molecule has 7 nitrogen and oxygen atoms in total. The fourth-order valence-electron chi connectivity index (χ4n) is 4.11. The fraction of sp³-hybridized carbons (Fsp3) is 0.227. The average Bonchev–Trinajstić information content (AvgIpc) is 3.29. The molecular formula is C22H21N5O2. The van der Waals surface area contributed by atoms with Crippen molar-refractivity contribution in [3.63, 3.8) is 0 Å². The molecule has 0 atom stereocenters. The van der Waals surface area contributed by atoms with Crippen molar-refractivity contribution >= 4 is 33.5 Å². The van der Waals surface area contributed by atoms with Crippen LogP contribution in [0.25, 0.3) is 27.6 Å². The summed E-state index contributed by atoms with van der Waals surface area (Å²) in [6.07, 6.45) is 6.63. The van der Waals surface area contributed by atoms with Crippen molar-refractivity contribution in [3.8, 4) is 0 Å². The van der Waals surface area contributed by atoms with Crippen LogP contribution in [0.1, 0.15) is 12.0 Å². The van der Waals surface area contributed by atoms with Crippen molar-refractivity contribution in [2.75, 3.05) is 13.1 Å². The first-order chi connectivity index (χ1) is 14.1. The van der Waals surface area contributed by atoms with Gasteiger partial charge in [0.25, 0.3) is 0 Å². The quantitative estimate of drug-likeness (QED) is 0.587. The Morgan fingerprint density at radius 1 is 1.17 bits per heavy atom. The minimum absolute atomic E-state index is 0.0423. The number of aromatic amines is 1. The Morgan fingerprint density at radius 2 is 2.00 bits per heavy atom. The highest BCUT2D eigenvalue weighted by Crippen LogP contribution is 2.28. The van der Waals surface area contributed by atoms with E-state index in [-0.39, 0.29) is 18.1 Å². The summed E-state index contributed by atoms with van der Waals surface area (Å²) in [4.78, 5) is 34.8. The molecule has 1 amide bonds. The number of nitrogens with one attached hydrogen (secondary N) is 1. The van der Waals surface area contributed by atoms with Gasteiger partial charge < -0.3 is 9.88 Å². The van der Waals surface area contributed by atoms with Gasteiger partial charge in [-0.1, -0.05) is 18.2 Å². The fourth-order valence-corrected chi connectivity index (χ4v) is 4.11. The van der Waals surface area contributed by atoms with Gasteiger partial charge >= 0.3 is 5.69 Å². The molecule has 1 aliphatic rings. The molecular weight excluding hydrogens is 366 g/mol. The van der Waals surface area contributed by atoms with E-state index in [2.05, 4.69) is 22.1 Å². The molecule has 0 bridgehead atoms. The van der Waals surface area contributed by atoms with Gasteiger partial charge in [-0.2, -0.15) is 0 Å².